The van der Waals surface area contributed by atoms with Crippen molar-refractivity contribution in [1.82, 2.24) is 10.6 Å². The highest BCUT2D eigenvalue weighted by molar-refractivity contribution is 5.80. The summed E-state index contributed by atoms with van der Waals surface area (Å²) >= 11 is 0. The summed E-state index contributed by atoms with van der Waals surface area (Å²) in [6, 6.07) is -2.67. The quantitative estimate of drug-likeness (QED) is 0.0308. The molecule has 0 spiro atoms. The molecule has 17 heteroatoms. The zero-order valence-electron chi connectivity index (χ0n) is 45.2. The van der Waals surface area contributed by atoms with E-state index in [2.05, 4.69) is 31.4 Å². The highest BCUT2D eigenvalue weighted by atomic mass is 16.7. The van der Waals surface area contributed by atoms with Gasteiger partial charge in [-0.1, -0.05) is 207 Å². The Balaban J connectivity index is 1.92. The lowest BCUT2D eigenvalue weighted by molar-refractivity contribution is -0.347. The Morgan fingerprint density at radius 2 is 0.972 bits per heavy atom. The first kappa shape index (κ1) is 66.5. The van der Waals surface area contributed by atoms with Crippen LogP contribution >= 0.6 is 0 Å². The summed E-state index contributed by atoms with van der Waals surface area (Å²) < 4.78 is 23.1. The third kappa shape index (κ3) is 27.5. The van der Waals surface area contributed by atoms with Crippen LogP contribution in [0.3, 0.4) is 0 Å². The standard InChI is InChI=1S/C55H106N2O15/c1-5-6-7-8-9-10-11-12-13-14-15-16-17-18-23-26-29-32-35-43(62)53(68)57-41(47(63)42(61)34-31-28-25-22-20-19-21-24-27-30-33-39(2)3)38-69-55-51(67)50(66)52(45(37-59)71-55)72-54-46(56-40(4)60)49(65)48(64)44(36-58)70-54/h39,41-52,54-55,58-59,61-67H,5-38H2,1-4H3,(H,56,60)(H,57,68)/t41-,42+,43+,44+,45+,46+,47-,48+,49+,50+,51+,52-,54+,55-/m0/s1. The van der Waals surface area contributed by atoms with Gasteiger partial charge in [0.05, 0.1) is 32.0 Å². The second kappa shape index (κ2) is 40.6. The van der Waals surface area contributed by atoms with E-state index in [1.165, 1.54) is 128 Å². The van der Waals surface area contributed by atoms with Crippen LogP contribution in [0.4, 0.5) is 0 Å². The van der Waals surface area contributed by atoms with Gasteiger partial charge in [-0.3, -0.25) is 9.59 Å². The first-order valence-corrected chi connectivity index (χ1v) is 28.8. The molecule has 2 rings (SSSR count). The minimum Gasteiger partial charge on any atom is -0.394 e. The summed E-state index contributed by atoms with van der Waals surface area (Å²) in [5, 5.41) is 102. The van der Waals surface area contributed by atoms with Crippen LogP contribution in [0.15, 0.2) is 0 Å². The summed E-state index contributed by atoms with van der Waals surface area (Å²) in [6.45, 7) is 5.87. The number of hydrogen-bond donors (Lipinski definition) is 11. The van der Waals surface area contributed by atoms with E-state index in [4.69, 9.17) is 18.9 Å². The third-order valence-corrected chi connectivity index (χ3v) is 14.6. The Labute approximate surface area is 433 Å². The lowest BCUT2D eigenvalue weighted by atomic mass is 9.95. The first-order valence-electron chi connectivity index (χ1n) is 28.8. The number of nitrogens with one attached hydrogen (secondary N) is 2. The van der Waals surface area contributed by atoms with Crippen molar-refractivity contribution < 1.29 is 74.5 Å². The van der Waals surface area contributed by atoms with Gasteiger partial charge in [0.1, 0.15) is 61.0 Å². The number of hydrogen-bond acceptors (Lipinski definition) is 15. The number of unbranched alkanes of at least 4 members (excludes halogenated alkanes) is 26. The third-order valence-electron chi connectivity index (χ3n) is 14.6. The molecule has 2 fully saturated rings. The van der Waals surface area contributed by atoms with Gasteiger partial charge < -0.3 is 75.5 Å². The number of amides is 2. The molecule has 2 aliphatic heterocycles. The fourth-order valence-electron chi connectivity index (χ4n) is 9.93. The van der Waals surface area contributed by atoms with E-state index < -0.39 is 117 Å². The van der Waals surface area contributed by atoms with E-state index in [9.17, 15) is 55.5 Å². The average Bonchev–Trinajstić information content (AvgIpc) is 3.35. The molecule has 17 nitrogen and oxygen atoms in total. The van der Waals surface area contributed by atoms with Crippen LogP contribution in [0.1, 0.15) is 227 Å². The molecule has 2 aliphatic rings. The van der Waals surface area contributed by atoms with Crippen molar-refractivity contribution >= 4 is 11.8 Å². The van der Waals surface area contributed by atoms with Crippen molar-refractivity contribution in [2.24, 2.45) is 5.92 Å². The van der Waals surface area contributed by atoms with Crippen LogP contribution in [-0.4, -0.2) is 163 Å². The molecular formula is C55H106N2O15. The number of carbonyl (C=O) groups is 2. The number of aliphatic hydroxyl groups is 9. The molecule has 0 saturated carbocycles. The van der Waals surface area contributed by atoms with E-state index in [1.807, 2.05) is 0 Å². The fourth-order valence-corrected chi connectivity index (χ4v) is 9.93. The topological polar surface area (TPSA) is 277 Å². The molecule has 0 bridgehead atoms. The van der Waals surface area contributed by atoms with Crippen LogP contribution in [0.2, 0.25) is 0 Å². The predicted molar refractivity (Wildman–Crippen MR) is 278 cm³/mol. The van der Waals surface area contributed by atoms with Gasteiger partial charge in [-0.05, 0) is 18.8 Å². The van der Waals surface area contributed by atoms with Crippen LogP contribution < -0.4 is 10.6 Å². The first-order chi connectivity index (χ1) is 34.7. The van der Waals surface area contributed by atoms with Crippen LogP contribution in [0.5, 0.6) is 0 Å². The fraction of sp³-hybridized carbons (Fsp3) is 0.964. The maximum Gasteiger partial charge on any atom is 0.249 e. The molecule has 72 heavy (non-hydrogen) atoms. The molecule has 0 aliphatic carbocycles. The van der Waals surface area contributed by atoms with E-state index in [1.54, 1.807) is 0 Å². The Morgan fingerprint density at radius 1 is 0.542 bits per heavy atom. The number of rotatable bonds is 44. The number of carbonyl (C=O) groups excluding carboxylic acids is 2. The minimum atomic E-state index is -1.86. The van der Waals surface area contributed by atoms with Crippen LogP contribution in [-0.2, 0) is 28.5 Å². The predicted octanol–water partition coefficient (Wildman–Crippen LogP) is 6.11. The molecule has 2 amide bonds. The summed E-state index contributed by atoms with van der Waals surface area (Å²) in [4.78, 5) is 25.4. The SMILES string of the molecule is CCCCCCCCCCCCCCCCCCCC[C@@H](O)C(=O)N[C@@H](CO[C@H]1O[C@H](CO)[C@H](O[C@H]2O[C@H](CO)[C@@H](O)[C@H](O)[C@H]2NC(C)=O)[C@H](O)[C@H]1O)[C@H](O)[C@H](O)CCCCCCCCCCCCC(C)C. The van der Waals surface area contributed by atoms with E-state index in [-0.39, 0.29) is 12.8 Å². The monoisotopic (exact) mass is 1030 g/mol. The normalized spacial score (nSPS) is 26.4. The van der Waals surface area contributed by atoms with Gasteiger partial charge in [-0.2, -0.15) is 0 Å². The zero-order valence-corrected chi connectivity index (χ0v) is 45.2. The maximum atomic E-state index is 13.4. The Morgan fingerprint density at radius 3 is 1.42 bits per heavy atom. The molecule has 426 valence electrons. The zero-order chi connectivity index (χ0) is 53.1. The van der Waals surface area contributed by atoms with E-state index >= 15 is 0 Å². The minimum absolute atomic E-state index is 0.202. The highest BCUT2D eigenvalue weighted by Crippen LogP contribution is 2.30. The molecule has 11 N–H and O–H groups in total. The highest BCUT2D eigenvalue weighted by Gasteiger charge is 2.51. The molecule has 0 radical (unpaired) electrons. The smallest absolute Gasteiger partial charge is 0.249 e. The van der Waals surface area contributed by atoms with Crippen molar-refractivity contribution in [3.8, 4) is 0 Å². The van der Waals surface area contributed by atoms with Crippen molar-refractivity contribution in [1.29, 1.82) is 0 Å². The maximum absolute atomic E-state index is 13.4. The van der Waals surface area contributed by atoms with Crippen molar-refractivity contribution in [2.45, 2.75) is 312 Å². The van der Waals surface area contributed by atoms with Gasteiger partial charge in [0, 0.05) is 6.92 Å². The average molecular weight is 1040 g/mol. The Hall–Kier alpha value is -1.58. The van der Waals surface area contributed by atoms with Crippen molar-refractivity contribution in [3.05, 3.63) is 0 Å². The molecule has 0 aromatic rings. The van der Waals surface area contributed by atoms with Gasteiger partial charge in [-0.15, -0.1) is 0 Å². The van der Waals surface area contributed by atoms with Crippen LogP contribution in [0.25, 0.3) is 0 Å². The van der Waals surface area contributed by atoms with E-state index in [0.29, 0.717) is 12.8 Å². The molecular weight excluding hydrogens is 929 g/mol. The second-order valence-corrected chi connectivity index (χ2v) is 21.6. The summed E-state index contributed by atoms with van der Waals surface area (Å²) in [6.07, 6.45) is 16.0. The Kier molecular flexibility index (Phi) is 37.6. The molecule has 0 unspecified atom stereocenters. The van der Waals surface area contributed by atoms with Gasteiger partial charge >= 0.3 is 0 Å². The lowest BCUT2D eigenvalue weighted by Gasteiger charge is -2.47. The Bertz CT molecular complexity index is 1330. The molecule has 14 atom stereocenters. The molecule has 2 saturated heterocycles. The number of aliphatic hydroxyl groups excluding tert-OH is 9. The van der Waals surface area contributed by atoms with Crippen LogP contribution in [0, 0.1) is 5.92 Å². The second-order valence-electron chi connectivity index (χ2n) is 21.6. The van der Waals surface area contributed by atoms with E-state index in [0.717, 1.165) is 57.8 Å². The summed E-state index contributed by atoms with van der Waals surface area (Å²) in [5.74, 6) is -0.627. The van der Waals surface area contributed by atoms with Gasteiger partial charge in [-0.25, -0.2) is 0 Å². The van der Waals surface area contributed by atoms with Gasteiger partial charge in [0.15, 0.2) is 12.6 Å². The molecule has 0 aromatic heterocycles. The van der Waals surface area contributed by atoms with Gasteiger partial charge in [0.25, 0.3) is 0 Å². The van der Waals surface area contributed by atoms with Crippen molar-refractivity contribution in [2.75, 3.05) is 19.8 Å². The lowest BCUT2D eigenvalue weighted by Crippen LogP contribution is -2.67. The molecule has 2 heterocycles. The number of ether oxygens (including phenoxy) is 4. The van der Waals surface area contributed by atoms with Gasteiger partial charge in [0.2, 0.25) is 11.8 Å². The molecule has 0 aromatic carbocycles. The largest absolute Gasteiger partial charge is 0.394 e. The summed E-state index contributed by atoms with van der Waals surface area (Å²) in [7, 11) is 0. The summed E-state index contributed by atoms with van der Waals surface area (Å²) in [5.41, 5.74) is 0. The van der Waals surface area contributed by atoms with Crippen molar-refractivity contribution in [3.63, 3.8) is 0 Å².